The lowest BCUT2D eigenvalue weighted by Gasteiger charge is -2.32. The van der Waals surface area contributed by atoms with E-state index in [0.717, 1.165) is 12.8 Å². The topological polar surface area (TPSA) is 76.2 Å². The van der Waals surface area contributed by atoms with Crippen molar-refractivity contribution in [2.24, 2.45) is 0 Å². The van der Waals surface area contributed by atoms with E-state index in [1.807, 2.05) is 30.3 Å². The molecule has 2 fully saturated rings. The summed E-state index contributed by atoms with van der Waals surface area (Å²) in [6.07, 6.45) is 2.41. The maximum absolute atomic E-state index is 13.5. The standard InChI is InChI=1S/C21H22N2O5S/c24-20-21(27-13-6-14-28-21)18-15-17(29(25,26)22-11-4-5-12-22)9-10-19(18)23(20)16-7-2-1-3-8-16/h1-3,7-10,15H,4-6,11-14H2. The lowest BCUT2D eigenvalue weighted by molar-refractivity contribution is -0.256. The van der Waals surface area contributed by atoms with Crippen molar-refractivity contribution in [1.29, 1.82) is 0 Å². The molecule has 0 aliphatic carbocycles. The van der Waals surface area contributed by atoms with E-state index in [0.29, 0.717) is 49.7 Å². The largest absolute Gasteiger partial charge is 0.338 e. The molecule has 0 atom stereocenters. The van der Waals surface area contributed by atoms with Crippen molar-refractivity contribution >= 4 is 27.3 Å². The lowest BCUT2D eigenvalue weighted by atomic mass is 10.1. The highest BCUT2D eigenvalue weighted by Crippen LogP contribution is 2.49. The predicted octanol–water partition coefficient (Wildman–Crippen LogP) is 2.74. The van der Waals surface area contributed by atoms with Gasteiger partial charge in [-0.3, -0.25) is 9.69 Å². The van der Waals surface area contributed by atoms with Gasteiger partial charge in [0.1, 0.15) is 0 Å². The molecule has 0 N–H and O–H groups in total. The van der Waals surface area contributed by atoms with Crippen LogP contribution < -0.4 is 4.90 Å². The summed E-state index contributed by atoms with van der Waals surface area (Å²) in [4.78, 5) is 15.2. The van der Waals surface area contributed by atoms with E-state index >= 15 is 0 Å². The number of rotatable bonds is 3. The van der Waals surface area contributed by atoms with Crippen molar-refractivity contribution in [3.63, 3.8) is 0 Å². The van der Waals surface area contributed by atoms with Crippen molar-refractivity contribution < 1.29 is 22.7 Å². The molecule has 3 aliphatic heterocycles. The third kappa shape index (κ3) is 2.82. The summed E-state index contributed by atoms with van der Waals surface area (Å²) in [5.74, 6) is -1.95. The average Bonchev–Trinajstić information content (AvgIpc) is 3.37. The van der Waals surface area contributed by atoms with Crippen molar-refractivity contribution in [3.8, 4) is 0 Å². The molecular formula is C21H22N2O5S. The Kier molecular flexibility index (Phi) is 4.47. The highest BCUT2D eigenvalue weighted by atomic mass is 32.2. The first-order valence-corrected chi connectivity index (χ1v) is 11.3. The molecule has 2 aromatic rings. The number of benzene rings is 2. The molecule has 0 unspecified atom stereocenters. The van der Waals surface area contributed by atoms with Crippen LogP contribution in [0.3, 0.4) is 0 Å². The monoisotopic (exact) mass is 414 g/mol. The van der Waals surface area contributed by atoms with Crippen LogP contribution in [0.1, 0.15) is 24.8 Å². The molecule has 29 heavy (non-hydrogen) atoms. The third-order valence-electron chi connectivity index (χ3n) is 5.66. The lowest BCUT2D eigenvalue weighted by Crippen LogP contribution is -2.46. The Balaban J connectivity index is 1.66. The van der Waals surface area contributed by atoms with Gasteiger partial charge in [-0.15, -0.1) is 0 Å². The molecule has 2 aromatic carbocycles. The second-order valence-electron chi connectivity index (χ2n) is 7.43. The van der Waals surface area contributed by atoms with E-state index in [-0.39, 0.29) is 10.8 Å². The first kappa shape index (κ1) is 18.7. The van der Waals surface area contributed by atoms with Crippen LogP contribution in [-0.4, -0.2) is 44.9 Å². The zero-order valence-corrected chi connectivity index (χ0v) is 16.7. The Morgan fingerprint density at radius 1 is 0.897 bits per heavy atom. The summed E-state index contributed by atoms with van der Waals surface area (Å²) < 4.78 is 39.4. The number of carbonyl (C=O) groups excluding carboxylic acids is 1. The van der Waals surface area contributed by atoms with Crippen molar-refractivity contribution in [3.05, 3.63) is 54.1 Å². The van der Waals surface area contributed by atoms with Crippen LogP contribution >= 0.6 is 0 Å². The zero-order valence-electron chi connectivity index (χ0n) is 15.9. The Labute approximate surface area is 169 Å². The average molecular weight is 414 g/mol. The summed E-state index contributed by atoms with van der Waals surface area (Å²) >= 11 is 0. The fraction of sp³-hybridized carbons (Fsp3) is 0.381. The number of para-hydroxylation sites is 1. The number of carbonyl (C=O) groups is 1. The second kappa shape index (κ2) is 6.91. The zero-order chi connectivity index (χ0) is 20.1. The van der Waals surface area contributed by atoms with Gasteiger partial charge in [0.05, 0.1) is 23.8 Å². The van der Waals surface area contributed by atoms with Crippen LogP contribution in [0.15, 0.2) is 53.4 Å². The number of ether oxygens (including phenoxy) is 2. The van der Waals surface area contributed by atoms with Gasteiger partial charge >= 0.3 is 0 Å². The molecule has 3 heterocycles. The predicted molar refractivity (Wildman–Crippen MR) is 106 cm³/mol. The molecular weight excluding hydrogens is 392 g/mol. The molecule has 8 heteroatoms. The summed E-state index contributed by atoms with van der Waals surface area (Å²) in [7, 11) is -3.62. The van der Waals surface area contributed by atoms with Crippen LogP contribution in [0.25, 0.3) is 0 Å². The minimum atomic E-state index is -3.62. The Morgan fingerprint density at radius 3 is 2.28 bits per heavy atom. The van der Waals surface area contributed by atoms with Crippen LogP contribution in [-0.2, 0) is 30.1 Å². The van der Waals surface area contributed by atoms with Gasteiger partial charge < -0.3 is 9.47 Å². The van der Waals surface area contributed by atoms with Gasteiger partial charge in [0.25, 0.3) is 11.7 Å². The molecule has 7 nitrogen and oxygen atoms in total. The van der Waals surface area contributed by atoms with E-state index < -0.39 is 15.8 Å². The van der Waals surface area contributed by atoms with Crippen LogP contribution in [0.4, 0.5) is 11.4 Å². The summed E-state index contributed by atoms with van der Waals surface area (Å²) in [5.41, 5.74) is 1.72. The molecule has 1 amide bonds. The quantitative estimate of drug-likeness (QED) is 0.772. The fourth-order valence-electron chi connectivity index (χ4n) is 4.23. The molecule has 1 spiro atoms. The van der Waals surface area contributed by atoms with Gasteiger partial charge in [0.15, 0.2) is 0 Å². The molecule has 2 saturated heterocycles. The second-order valence-corrected chi connectivity index (χ2v) is 9.37. The van der Waals surface area contributed by atoms with Crippen molar-refractivity contribution in [2.75, 3.05) is 31.2 Å². The summed E-state index contributed by atoms with van der Waals surface area (Å²) in [6, 6.07) is 14.0. The number of nitrogens with zero attached hydrogens (tertiary/aromatic N) is 2. The third-order valence-corrected chi connectivity index (χ3v) is 7.56. The Hall–Kier alpha value is -2.26. The van der Waals surface area contributed by atoms with E-state index in [9.17, 15) is 13.2 Å². The molecule has 3 aliphatic rings. The van der Waals surface area contributed by atoms with Gasteiger partial charge in [-0.1, -0.05) is 18.2 Å². The normalized spacial score (nSPS) is 21.7. The molecule has 0 radical (unpaired) electrons. The van der Waals surface area contributed by atoms with Crippen LogP contribution in [0, 0.1) is 0 Å². The SMILES string of the molecule is O=C1N(c2ccccc2)c2ccc(S(=O)(=O)N3CCCC3)cc2C12OCCCO2. The number of hydrogen-bond donors (Lipinski definition) is 0. The Morgan fingerprint density at radius 2 is 1.59 bits per heavy atom. The van der Waals surface area contributed by atoms with E-state index in [4.69, 9.17) is 9.47 Å². The van der Waals surface area contributed by atoms with Gasteiger partial charge in [0.2, 0.25) is 10.0 Å². The van der Waals surface area contributed by atoms with E-state index in [1.54, 1.807) is 23.1 Å². The highest BCUT2D eigenvalue weighted by Gasteiger charge is 2.55. The smallest absolute Gasteiger partial charge is 0.297 e. The van der Waals surface area contributed by atoms with Gasteiger partial charge in [-0.2, -0.15) is 4.31 Å². The summed E-state index contributed by atoms with van der Waals surface area (Å²) in [5, 5.41) is 0. The van der Waals surface area contributed by atoms with Gasteiger partial charge in [-0.25, -0.2) is 8.42 Å². The van der Waals surface area contributed by atoms with E-state index in [1.165, 1.54) is 4.31 Å². The number of fused-ring (bicyclic) bond motifs is 2. The minimum absolute atomic E-state index is 0.165. The maximum atomic E-state index is 13.5. The minimum Gasteiger partial charge on any atom is -0.338 e. The van der Waals surface area contributed by atoms with Crippen molar-refractivity contribution in [2.45, 2.75) is 29.9 Å². The first-order chi connectivity index (χ1) is 14.0. The highest BCUT2D eigenvalue weighted by molar-refractivity contribution is 7.89. The fourth-order valence-corrected chi connectivity index (χ4v) is 5.77. The number of amides is 1. The molecule has 0 bridgehead atoms. The van der Waals surface area contributed by atoms with Crippen molar-refractivity contribution in [1.82, 2.24) is 4.31 Å². The van der Waals surface area contributed by atoms with Crippen LogP contribution in [0.2, 0.25) is 0 Å². The van der Waals surface area contributed by atoms with Gasteiger partial charge in [-0.05, 0) is 49.6 Å². The number of sulfonamides is 1. The van der Waals surface area contributed by atoms with E-state index in [2.05, 4.69) is 0 Å². The number of hydrogen-bond acceptors (Lipinski definition) is 5. The molecule has 0 saturated carbocycles. The maximum Gasteiger partial charge on any atom is 0.297 e. The molecule has 0 aromatic heterocycles. The Bertz CT molecular complexity index is 1040. The molecule has 152 valence electrons. The van der Waals surface area contributed by atoms with Gasteiger partial charge in [0, 0.05) is 24.3 Å². The number of anilines is 2. The summed E-state index contributed by atoms with van der Waals surface area (Å²) in [6.45, 7) is 1.78. The first-order valence-electron chi connectivity index (χ1n) is 9.86. The van der Waals surface area contributed by atoms with Crippen LogP contribution in [0.5, 0.6) is 0 Å². The molecule has 5 rings (SSSR count).